The van der Waals surface area contributed by atoms with Crippen LogP contribution in [0, 0.1) is 11.8 Å². The van der Waals surface area contributed by atoms with Crippen LogP contribution in [0.2, 0.25) is 0 Å². The van der Waals surface area contributed by atoms with Gasteiger partial charge >= 0.3 is 5.97 Å². The molecular weight excluding hydrogens is 480 g/mol. The number of hydrogen-bond donors (Lipinski definition) is 1. The van der Waals surface area contributed by atoms with Crippen molar-refractivity contribution in [2.45, 2.75) is 115 Å². The Morgan fingerprint density at radius 2 is 1.61 bits per heavy atom. The van der Waals surface area contributed by atoms with Crippen molar-refractivity contribution in [3.63, 3.8) is 0 Å². The summed E-state index contributed by atoms with van der Waals surface area (Å²) in [7, 11) is 0. The number of carbonyl (C=O) groups is 1. The molecule has 204 valence electrons. The van der Waals surface area contributed by atoms with Crippen LogP contribution in [0.25, 0.3) is 11.0 Å². The highest BCUT2D eigenvalue weighted by atomic mass is 16.6. The van der Waals surface area contributed by atoms with Crippen molar-refractivity contribution in [2.75, 3.05) is 0 Å². The van der Waals surface area contributed by atoms with Gasteiger partial charge in [0.05, 0.1) is 11.0 Å². The van der Waals surface area contributed by atoms with Gasteiger partial charge in [-0.15, -0.1) is 0 Å². The van der Waals surface area contributed by atoms with Crippen LogP contribution < -0.4 is 5.56 Å². The fourth-order valence-electron chi connectivity index (χ4n) is 8.15. The number of carboxylic acid groups (broad SMARTS) is 1. The third kappa shape index (κ3) is 4.76. The van der Waals surface area contributed by atoms with Gasteiger partial charge in [0.1, 0.15) is 6.10 Å². The van der Waals surface area contributed by atoms with Gasteiger partial charge in [-0.2, -0.15) is 0 Å². The monoisotopic (exact) mass is 520 g/mol. The average molecular weight is 521 g/mol. The zero-order valence-electron chi connectivity index (χ0n) is 22.6. The first kappa shape index (κ1) is 25.5. The van der Waals surface area contributed by atoms with Crippen molar-refractivity contribution in [3.05, 3.63) is 40.3 Å². The highest BCUT2D eigenvalue weighted by Gasteiger charge is 2.45. The molecule has 2 saturated heterocycles. The normalized spacial score (nSPS) is 31.9. The molecule has 2 aliphatic heterocycles. The SMILES string of the molecule is CC(C)O/N=C(\C(=O)O)c1nc2ccccc2n(C2C[C@H]3CCC[C@@H](C2)N3C2C[C@H]3CCC[C@@H](C2)C3)c1=O. The number of aromatic nitrogens is 2. The van der Waals surface area contributed by atoms with Gasteiger partial charge in [0, 0.05) is 24.2 Å². The van der Waals surface area contributed by atoms with Crippen LogP contribution >= 0.6 is 0 Å². The highest BCUT2D eigenvalue weighted by molar-refractivity contribution is 6.41. The van der Waals surface area contributed by atoms with Gasteiger partial charge in [-0.05, 0) is 82.8 Å². The molecule has 4 aliphatic rings. The minimum absolute atomic E-state index is 0.00449. The molecule has 8 heteroatoms. The molecule has 0 radical (unpaired) electrons. The van der Waals surface area contributed by atoms with Crippen LogP contribution in [-0.4, -0.2) is 55.5 Å². The Morgan fingerprint density at radius 1 is 0.947 bits per heavy atom. The quantitative estimate of drug-likeness (QED) is 0.419. The summed E-state index contributed by atoms with van der Waals surface area (Å²) in [5.41, 5.74) is 0.396. The minimum atomic E-state index is -1.31. The van der Waals surface area contributed by atoms with E-state index < -0.39 is 11.7 Å². The van der Waals surface area contributed by atoms with Crippen LogP contribution in [0.1, 0.15) is 96.2 Å². The standard InChI is InChI=1S/C30H40N4O4/c1-18(2)38-32-28(30(36)37)27-29(35)34(26-12-4-3-11-25(26)31-27)24-16-21-9-6-10-22(17-24)33(21)23-14-19-7-5-8-20(13-19)15-23/h3-4,11-12,18-24H,5-10,13-17H2,1-2H3,(H,36,37)/b32-28-/t19-,20+,21-,22+,23?,24?. The van der Waals surface area contributed by atoms with E-state index in [9.17, 15) is 14.7 Å². The van der Waals surface area contributed by atoms with E-state index in [0.29, 0.717) is 23.6 Å². The van der Waals surface area contributed by atoms with Crippen LogP contribution in [0.3, 0.4) is 0 Å². The summed E-state index contributed by atoms with van der Waals surface area (Å²) in [4.78, 5) is 38.8. The van der Waals surface area contributed by atoms with Crippen molar-refractivity contribution >= 4 is 22.7 Å². The Labute approximate surface area is 224 Å². The first-order valence-electron chi connectivity index (χ1n) is 14.6. The van der Waals surface area contributed by atoms with Crippen LogP contribution in [0.5, 0.6) is 0 Å². The first-order chi connectivity index (χ1) is 18.4. The predicted molar refractivity (Wildman–Crippen MR) is 146 cm³/mol. The van der Waals surface area contributed by atoms with Gasteiger partial charge in [0.2, 0.25) is 5.71 Å². The molecule has 2 aromatic rings. The summed E-state index contributed by atoms with van der Waals surface area (Å²) in [6, 6.07) is 9.18. The summed E-state index contributed by atoms with van der Waals surface area (Å²) in [5, 5.41) is 13.7. The fourth-order valence-corrected chi connectivity index (χ4v) is 8.15. The minimum Gasteiger partial charge on any atom is -0.476 e. The smallest absolute Gasteiger partial charge is 0.360 e. The summed E-state index contributed by atoms with van der Waals surface area (Å²) in [6.45, 7) is 3.53. The lowest BCUT2D eigenvalue weighted by Gasteiger charge is -2.55. The number of oxime groups is 1. The lowest BCUT2D eigenvalue weighted by atomic mass is 9.68. The van der Waals surface area contributed by atoms with Crippen molar-refractivity contribution in [2.24, 2.45) is 17.0 Å². The summed E-state index contributed by atoms with van der Waals surface area (Å²) < 4.78 is 1.84. The van der Waals surface area contributed by atoms with E-state index in [-0.39, 0.29) is 23.4 Å². The summed E-state index contributed by atoms with van der Waals surface area (Å²) >= 11 is 0. The van der Waals surface area contributed by atoms with E-state index in [1.165, 1.54) is 57.8 Å². The second-order valence-electron chi connectivity index (χ2n) is 12.4. The number of para-hydroxylation sites is 2. The maximum Gasteiger partial charge on any atom is 0.360 e. The molecule has 1 aromatic heterocycles. The molecule has 6 atom stereocenters. The molecule has 3 heterocycles. The van der Waals surface area contributed by atoms with Crippen molar-refractivity contribution < 1.29 is 14.7 Å². The van der Waals surface area contributed by atoms with Gasteiger partial charge in [-0.1, -0.05) is 43.0 Å². The number of carboxylic acids is 1. The number of hydrogen-bond acceptors (Lipinski definition) is 6. The van der Waals surface area contributed by atoms with Crippen LogP contribution in [0.4, 0.5) is 0 Å². The summed E-state index contributed by atoms with van der Waals surface area (Å²) in [5.74, 6) is 0.468. The molecule has 1 N–H and O–H groups in total. The largest absolute Gasteiger partial charge is 0.476 e. The molecule has 0 spiro atoms. The maximum absolute atomic E-state index is 14.0. The lowest BCUT2D eigenvalue weighted by molar-refractivity contribution is -0.129. The topological polar surface area (TPSA) is 97.0 Å². The third-order valence-corrected chi connectivity index (χ3v) is 9.47. The van der Waals surface area contributed by atoms with Crippen LogP contribution in [-0.2, 0) is 9.63 Å². The van der Waals surface area contributed by atoms with E-state index in [4.69, 9.17) is 4.84 Å². The number of benzene rings is 1. The van der Waals surface area contributed by atoms with Crippen LogP contribution in [0.15, 0.2) is 34.2 Å². The van der Waals surface area contributed by atoms with Gasteiger partial charge in [-0.3, -0.25) is 9.69 Å². The number of piperidine rings is 2. The molecule has 2 saturated carbocycles. The number of aliphatic carboxylic acids is 1. The number of fused-ring (bicyclic) bond motifs is 5. The van der Waals surface area contributed by atoms with Gasteiger partial charge < -0.3 is 14.5 Å². The Bertz CT molecular complexity index is 1260. The molecule has 38 heavy (non-hydrogen) atoms. The molecular formula is C30H40N4O4. The highest BCUT2D eigenvalue weighted by Crippen LogP contribution is 2.47. The van der Waals surface area contributed by atoms with E-state index in [1.54, 1.807) is 13.8 Å². The van der Waals surface area contributed by atoms with Gasteiger partial charge in [0.25, 0.3) is 5.56 Å². The third-order valence-electron chi connectivity index (χ3n) is 9.47. The Kier molecular flexibility index (Phi) is 7.01. The predicted octanol–water partition coefficient (Wildman–Crippen LogP) is 5.14. The number of rotatable bonds is 6. The Morgan fingerprint density at radius 3 is 2.26 bits per heavy atom. The molecule has 0 amide bonds. The first-order valence-corrected chi connectivity index (χ1v) is 14.6. The Balaban J connectivity index is 1.37. The zero-order valence-corrected chi connectivity index (χ0v) is 22.6. The van der Waals surface area contributed by atoms with E-state index >= 15 is 0 Å². The average Bonchev–Trinajstić information content (AvgIpc) is 2.87. The molecule has 4 fully saturated rings. The molecule has 1 aromatic carbocycles. The fraction of sp³-hybridized carbons (Fsp3) is 0.667. The molecule has 4 bridgehead atoms. The molecule has 8 nitrogen and oxygen atoms in total. The van der Waals surface area contributed by atoms with Crippen molar-refractivity contribution in [3.8, 4) is 0 Å². The Hall–Kier alpha value is -2.74. The second-order valence-corrected chi connectivity index (χ2v) is 12.4. The van der Waals surface area contributed by atoms with Gasteiger partial charge in [-0.25, -0.2) is 9.78 Å². The number of nitrogens with zero attached hydrogens (tertiary/aromatic N) is 4. The van der Waals surface area contributed by atoms with E-state index in [1.807, 2.05) is 28.8 Å². The molecule has 6 rings (SSSR count). The van der Waals surface area contributed by atoms with Gasteiger partial charge in [0.15, 0.2) is 5.69 Å². The maximum atomic E-state index is 14.0. The molecule has 2 unspecified atom stereocenters. The second kappa shape index (κ2) is 10.4. The van der Waals surface area contributed by atoms with E-state index in [2.05, 4.69) is 15.0 Å². The zero-order chi connectivity index (χ0) is 26.4. The van der Waals surface area contributed by atoms with Crippen molar-refractivity contribution in [1.82, 2.24) is 14.5 Å². The van der Waals surface area contributed by atoms with E-state index in [0.717, 1.165) is 30.2 Å². The molecule has 2 aliphatic carbocycles. The summed E-state index contributed by atoms with van der Waals surface area (Å²) in [6.07, 6.45) is 13.4. The lowest BCUT2D eigenvalue weighted by Crippen LogP contribution is -2.58. The van der Waals surface area contributed by atoms with Crippen molar-refractivity contribution in [1.29, 1.82) is 0 Å².